The molecule has 1 saturated heterocycles. The molecule has 1 aromatic carbocycles. The highest BCUT2D eigenvalue weighted by Gasteiger charge is 2.28. The van der Waals surface area contributed by atoms with Crippen molar-refractivity contribution < 1.29 is 0 Å². The molecule has 3 aromatic rings. The molecule has 2 N–H and O–H groups in total. The summed E-state index contributed by atoms with van der Waals surface area (Å²) in [4.78, 5) is 11.1. The van der Waals surface area contributed by atoms with E-state index in [1.807, 2.05) is 11.3 Å². The van der Waals surface area contributed by atoms with Gasteiger partial charge in [0.25, 0.3) is 0 Å². The Morgan fingerprint density at radius 3 is 2.86 bits per heavy atom. The van der Waals surface area contributed by atoms with Gasteiger partial charge in [0.1, 0.15) is 0 Å². The van der Waals surface area contributed by atoms with E-state index < -0.39 is 0 Å². The average molecular weight is 449 g/mol. The maximum Gasteiger partial charge on any atom is 0.180 e. The first-order valence-corrected chi connectivity index (χ1v) is 12.0. The van der Waals surface area contributed by atoms with Gasteiger partial charge in [-0.15, -0.1) is 35.1 Å². The molecule has 2 aliphatic rings. The normalized spacial score (nSPS) is 20.1. The molecule has 156 valence electrons. The van der Waals surface area contributed by atoms with Gasteiger partial charge >= 0.3 is 0 Å². The predicted molar refractivity (Wildman–Crippen MR) is 129 cm³/mol. The fraction of sp³-hybridized carbons (Fsp3) is 0.500. The van der Waals surface area contributed by atoms with Crippen LogP contribution in [0.1, 0.15) is 29.8 Å². The number of hydrogen-bond donors (Lipinski definition) is 1. The molecule has 1 atom stereocenters. The largest absolute Gasteiger partial charge is 0.375 e. The van der Waals surface area contributed by atoms with E-state index in [-0.39, 0.29) is 12.4 Å². The maximum absolute atomic E-state index is 5.91. The number of likely N-dealkylation sites (N-methyl/N-ethyl adjacent to an activating group) is 1. The molecule has 2 aromatic heterocycles. The molecular weight excluding hydrogens is 420 g/mol. The van der Waals surface area contributed by atoms with Gasteiger partial charge in [0.2, 0.25) is 0 Å². The molecule has 5 rings (SSSR count). The van der Waals surface area contributed by atoms with Crippen LogP contribution in [-0.4, -0.2) is 42.6 Å². The third-order valence-corrected chi connectivity index (χ3v) is 8.36. The van der Waals surface area contributed by atoms with Crippen molar-refractivity contribution in [3.63, 3.8) is 0 Å². The summed E-state index contributed by atoms with van der Waals surface area (Å²) in [5, 5.41) is 4.37. The van der Waals surface area contributed by atoms with Crippen molar-refractivity contribution in [1.29, 1.82) is 0 Å². The second kappa shape index (κ2) is 8.80. The number of thiophene rings is 1. The van der Waals surface area contributed by atoms with Gasteiger partial charge in [-0.1, -0.05) is 6.07 Å². The number of aryl methyl sites for hydroxylation is 1. The van der Waals surface area contributed by atoms with Gasteiger partial charge in [0.05, 0.1) is 5.69 Å². The summed E-state index contributed by atoms with van der Waals surface area (Å²) in [5.41, 5.74) is 8.58. The number of nitrogens with zero attached hydrogens (tertiary/aromatic N) is 3. The first-order valence-electron chi connectivity index (χ1n) is 10.3. The minimum Gasteiger partial charge on any atom is -0.375 e. The summed E-state index contributed by atoms with van der Waals surface area (Å²) in [6.07, 6.45) is 6.00. The van der Waals surface area contributed by atoms with Gasteiger partial charge in [0, 0.05) is 46.3 Å². The Morgan fingerprint density at radius 1 is 1.21 bits per heavy atom. The number of nitrogens with two attached hydrogens (primary N) is 1. The van der Waals surface area contributed by atoms with Crippen LogP contribution in [0.4, 0.5) is 10.8 Å². The lowest BCUT2D eigenvalue weighted by molar-refractivity contribution is 0.177. The summed E-state index contributed by atoms with van der Waals surface area (Å²) >= 11 is 3.53. The Labute approximate surface area is 187 Å². The molecule has 0 radical (unpaired) electrons. The molecule has 29 heavy (non-hydrogen) atoms. The lowest BCUT2D eigenvalue weighted by Gasteiger charge is -2.38. The van der Waals surface area contributed by atoms with E-state index in [4.69, 9.17) is 5.73 Å². The number of fused-ring (bicyclic) bond motifs is 2. The van der Waals surface area contributed by atoms with Crippen LogP contribution in [-0.2, 0) is 12.8 Å². The monoisotopic (exact) mass is 448 g/mol. The molecule has 1 fully saturated rings. The van der Waals surface area contributed by atoms with Gasteiger partial charge in [-0.2, -0.15) is 0 Å². The van der Waals surface area contributed by atoms with Gasteiger partial charge in [-0.25, -0.2) is 4.98 Å². The number of halogens is 1. The highest BCUT2D eigenvalue weighted by atomic mass is 35.5. The zero-order valence-electron chi connectivity index (χ0n) is 16.8. The highest BCUT2D eigenvalue weighted by molar-refractivity contribution is 7.17. The average Bonchev–Trinajstić information content (AvgIpc) is 3.33. The summed E-state index contributed by atoms with van der Waals surface area (Å²) in [6, 6.07) is 9.65. The van der Waals surface area contributed by atoms with Crippen LogP contribution in [0.3, 0.4) is 0 Å². The number of nitrogen functional groups attached to an aromatic ring is 1. The summed E-state index contributed by atoms with van der Waals surface area (Å²) in [5.74, 6) is 0.802. The Bertz CT molecular complexity index is 961. The molecule has 1 aliphatic heterocycles. The number of thiazole rings is 1. The van der Waals surface area contributed by atoms with Gasteiger partial charge in [-0.05, 0) is 68.6 Å². The van der Waals surface area contributed by atoms with Crippen molar-refractivity contribution in [2.75, 3.05) is 37.3 Å². The van der Waals surface area contributed by atoms with Crippen LogP contribution in [0.2, 0.25) is 0 Å². The Morgan fingerprint density at radius 2 is 2.03 bits per heavy atom. The molecule has 0 amide bonds. The van der Waals surface area contributed by atoms with Gasteiger partial charge in [0.15, 0.2) is 5.13 Å². The van der Waals surface area contributed by atoms with Crippen molar-refractivity contribution >= 4 is 56.0 Å². The molecule has 4 nitrogen and oxygen atoms in total. The fourth-order valence-electron chi connectivity index (χ4n) is 4.92. The molecule has 3 heterocycles. The molecule has 0 spiro atoms. The van der Waals surface area contributed by atoms with Crippen LogP contribution in [0, 0.1) is 5.92 Å². The van der Waals surface area contributed by atoms with Crippen molar-refractivity contribution in [2.45, 2.75) is 38.1 Å². The van der Waals surface area contributed by atoms with E-state index in [0.717, 1.165) is 23.9 Å². The van der Waals surface area contributed by atoms with Crippen molar-refractivity contribution in [2.24, 2.45) is 5.92 Å². The number of hydrogen-bond acceptors (Lipinski definition) is 6. The molecule has 7 heteroatoms. The molecular formula is C22H29ClN4S2. The van der Waals surface area contributed by atoms with Crippen LogP contribution < -0.4 is 10.6 Å². The third kappa shape index (κ3) is 4.26. The van der Waals surface area contributed by atoms with Crippen molar-refractivity contribution in [3.05, 3.63) is 40.2 Å². The number of aromatic nitrogens is 1. The molecule has 1 aliphatic carbocycles. The maximum atomic E-state index is 5.91. The number of piperidine rings is 1. The van der Waals surface area contributed by atoms with Crippen molar-refractivity contribution in [3.8, 4) is 0 Å². The molecule has 0 bridgehead atoms. The van der Waals surface area contributed by atoms with E-state index in [9.17, 15) is 0 Å². The van der Waals surface area contributed by atoms with E-state index in [0.29, 0.717) is 6.04 Å². The first kappa shape index (κ1) is 20.9. The highest BCUT2D eigenvalue weighted by Crippen LogP contribution is 2.34. The van der Waals surface area contributed by atoms with Crippen molar-refractivity contribution in [1.82, 2.24) is 9.88 Å². The standard InChI is InChI=1S/C22H28N4S2.ClH/c1-25(16-5-6-18-21(13-16)28-22(23)24-18)14-15-7-10-26(11-8-15)19-3-2-4-20-17(19)9-12-27-20;/h2-4,9,12,15-16H,5-8,10-11,13-14H2,1H3,(H2,23,24);1H/t16-;/m0./s1. The smallest absolute Gasteiger partial charge is 0.180 e. The third-order valence-electron chi connectivity index (χ3n) is 6.53. The lowest BCUT2D eigenvalue weighted by Crippen LogP contribution is -2.42. The predicted octanol–water partition coefficient (Wildman–Crippen LogP) is 5.07. The quantitative estimate of drug-likeness (QED) is 0.605. The zero-order valence-corrected chi connectivity index (χ0v) is 19.3. The Hall–Kier alpha value is -1.34. The van der Waals surface area contributed by atoms with Crippen LogP contribution in [0.5, 0.6) is 0 Å². The fourth-order valence-corrected chi connectivity index (χ4v) is 6.68. The zero-order chi connectivity index (χ0) is 19.1. The topological polar surface area (TPSA) is 45.4 Å². The van der Waals surface area contributed by atoms with E-state index in [1.165, 1.54) is 65.2 Å². The van der Waals surface area contributed by atoms with Gasteiger partial charge < -0.3 is 15.5 Å². The number of benzene rings is 1. The second-order valence-electron chi connectivity index (χ2n) is 8.30. The lowest BCUT2D eigenvalue weighted by atomic mass is 9.92. The number of rotatable bonds is 4. The molecule has 0 saturated carbocycles. The summed E-state index contributed by atoms with van der Waals surface area (Å²) < 4.78 is 1.40. The van der Waals surface area contributed by atoms with Gasteiger partial charge in [-0.3, -0.25) is 0 Å². The first-order chi connectivity index (χ1) is 13.7. The Kier molecular flexibility index (Phi) is 6.35. The summed E-state index contributed by atoms with van der Waals surface area (Å²) in [7, 11) is 2.32. The number of anilines is 2. The van der Waals surface area contributed by atoms with E-state index >= 15 is 0 Å². The van der Waals surface area contributed by atoms with Crippen LogP contribution >= 0.6 is 35.1 Å². The van der Waals surface area contributed by atoms with E-state index in [1.54, 1.807) is 11.3 Å². The minimum absolute atomic E-state index is 0. The second-order valence-corrected chi connectivity index (χ2v) is 10.4. The Balaban J connectivity index is 0.00000205. The van der Waals surface area contributed by atoms with E-state index in [2.05, 4.69) is 51.5 Å². The van der Waals surface area contributed by atoms with Crippen LogP contribution in [0.25, 0.3) is 10.1 Å². The summed E-state index contributed by atoms with van der Waals surface area (Å²) in [6.45, 7) is 3.56. The SMILES string of the molecule is CN(CC1CCN(c2cccc3sccc23)CC1)[C@H]1CCc2nc(N)sc2C1.Cl. The van der Waals surface area contributed by atoms with Crippen LogP contribution in [0.15, 0.2) is 29.6 Å². The minimum atomic E-state index is 0. The molecule has 0 unspecified atom stereocenters.